The lowest BCUT2D eigenvalue weighted by atomic mass is 10.0. The molecule has 1 aromatic carbocycles. The molecular formula is C14H20N2O3. The number of aliphatic hydroxyl groups excluding tert-OH is 1. The zero-order valence-electron chi connectivity index (χ0n) is 11.2. The number of hydrogen-bond acceptors (Lipinski definition) is 3. The van der Waals surface area contributed by atoms with E-state index in [-0.39, 0.29) is 12.5 Å². The van der Waals surface area contributed by atoms with Crippen molar-refractivity contribution in [2.75, 3.05) is 13.1 Å². The Balaban J connectivity index is 2.36. The maximum absolute atomic E-state index is 11.5. The number of carbonyl (C=O) groups is 2. The Morgan fingerprint density at radius 2 is 1.58 bits per heavy atom. The molecule has 19 heavy (non-hydrogen) atoms. The lowest BCUT2D eigenvalue weighted by Gasteiger charge is -2.13. The summed E-state index contributed by atoms with van der Waals surface area (Å²) in [4.78, 5) is 22.8. The molecule has 104 valence electrons. The molecule has 2 atom stereocenters. The van der Waals surface area contributed by atoms with Gasteiger partial charge in [0, 0.05) is 13.1 Å². The quantitative estimate of drug-likeness (QED) is 0.674. The number of aliphatic hydroxyl groups is 1. The summed E-state index contributed by atoms with van der Waals surface area (Å²) in [5, 5.41) is 13.9. The maximum atomic E-state index is 11.5. The highest BCUT2D eigenvalue weighted by atomic mass is 16.3. The fourth-order valence-corrected chi connectivity index (χ4v) is 1.55. The van der Waals surface area contributed by atoms with Crippen LogP contribution in [0.25, 0.3) is 0 Å². The molecule has 0 radical (unpaired) electrons. The van der Waals surface area contributed by atoms with Gasteiger partial charge < -0.3 is 15.7 Å². The van der Waals surface area contributed by atoms with E-state index in [2.05, 4.69) is 10.6 Å². The Labute approximate surface area is 113 Å². The fourth-order valence-electron chi connectivity index (χ4n) is 1.55. The first-order valence-corrected chi connectivity index (χ1v) is 6.29. The SMILES string of the molecule is C[C@H](O)CNC(=O)C(=O)NC[C@@H](C)c1ccccc1. The largest absolute Gasteiger partial charge is 0.392 e. The molecule has 5 heteroatoms. The molecule has 0 saturated carbocycles. The summed E-state index contributed by atoms with van der Waals surface area (Å²) in [6.45, 7) is 3.98. The molecular weight excluding hydrogens is 244 g/mol. The third-order valence-electron chi connectivity index (χ3n) is 2.70. The number of amides is 2. The molecule has 1 rings (SSSR count). The highest BCUT2D eigenvalue weighted by Gasteiger charge is 2.14. The summed E-state index contributed by atoms with van der Waals surface area (Å²) in [5.74, 6) is -1.26. The summed E-state index contributed by atoms with van der Waals surface area (Å²) in [6, 6.07) is 9.75. The average Bonchev–Trinajstić information content (AvgIpc) is 2.42. The molecule has 0 unspecified atom stereocenters. The maximum Gasteiger partial charge on any atom is 0.309 e. The summed E-state index contributed by atoms with van der Waals surface area (Å²) in [7, 11) is 0. The molecule has 0 aliphatic carbocycles. The second-order valence-electron chi connectivity index (χ2n) is 4.58. The topological polar surface area (TPSA) is 78.4 Å². The van der Waals surface area contributed by atoms with Crippen molar-refractivity contribution in [1.29, 1.82) is 0 Å². The van der Waals surface area contributed by atoms with Gasteiger partial charge in [-0.2, -0.15) is 0 Å². The predicted octanol–water partition coefficient (Wildman–Crippen LogP) is 0.403. The van der Waals surface area contributed by atoms with Gasteiger partial charge >= 0.3 is 11.8 Å². The van der Waals surface area contributed by atoms with E-state index in [1.165, 1.54) is 6.92 Å². The molecule has 2 amide bonds. The van der Waals surface area contributed by atoms with Crippen LogP contribution in [-0.2, 0) is 9.59 Å². The van der Waals surface area contributed by atoms with Gasteiger partial charge in [0.05, 0.1) is 6.10 Å². The van der Waals surface area contributed by atoms with Crippen molar-refractivity contribution >= 4 is 11.8 Å². The molecule has 0 bridgehead atoms. The monoisotopic (exact) mass is 264 g/mol. The Hall–Kier alpha value is -1.88. The van der Waals surface area contributed by atoms with E-state index in [1.54, 1.807) is 0 Å². The van der Waals surface area contributed by atoms with E-state index in [0.717, 1.165) is 5.56 Å². The highest BCUT2D eigenvalue weighted by Crippen LogP contribution is 2.12. The van der Waals surface area contributed by atoms with Crippen LogP contribution in [-0.4, -0.2) is 36.1 Å². The van der Waals surface area contributed by atoms with Crippen LogP contribution in [0.4, 0.5) is 0 Å². The van der Waals surface area contributed by atoms with Crippen molar-refractivity contribution in [3.63, 3.8) is 0 Å². The number of carbonyl (C=O) groups excluding carboxylic acids is 2. The van der Waals surface area contributed by atoms with Crippen molar-refractivity contribution in [3.05, 3.63) is 35.9 Å². The summed E-state index contributed by atoms with van der Waals surface area (Å²) in [6.07, 6.45) is -0.667. The summed E-state index contributed by atoms with van der Waals surface area (Å²) >= 11 is 0. The van der Waals surface area contributed by atoms with Gasteiger partial charge in [0.15, 0.2) is 0 Å². The number of benzene rings is 1. The van der Waals surface area contributed by atoms with Crippen molar-refractivity contribution in [2.24, 2.45) is 0 Å². The molecule has 0 aliphatic heterocycles. The minimum atomic E-state index is -0.721. The van der Waals surface area contributed by atoms with E-state index in [0.29, 0.717) is 6.54 Å². The molecule has 0 spiro atoms. The Kier molecular flexibility index (Phi) is 6.02. The third kappa shape index (κ3) is 5.52. The van der Waals surface area contributed by atoms with Crippen LogP contribution in [0, 0.1) is 0 Å². The highest BCUT2D eigenvalue weighted by molar-refractivity contribution is 6.35. The third-order valence-corrected chi connectivity index (χ3v) is 2.70. The molecule has 3 N–H and O–H groups in total. The molecule has 1 aromatic rings. The fraction of sp³-hybridized carbons (Fsp3) is 0.429. The second-order valence-corrected chi connectivity index (χ2v) is 4.58. The van der Waals surface area contributed by atoms with E-state index in [9.17, 15) is 9.59 Å². The van der Waals surface area contributed by atoms with Gasteiger partial charge in [0.2, 0.25) is 0 Å². The van der Waals surface area contributed by atoms with Crippen LogP contribution in [0.1, 0.15) is 25.3 Å². The van der Waals surface area contributed by atoms with Crippen LogP contribution in [0.2, 0.25) is 0 Å². The van der Waals surface area contributed by atoms with Crippen LogP contribution in [0.3, 0.4) is 0 Å². The zero-order valence-corrected chi connectivity index (χ0v) is 11.2. The van der Waals surface area contributed by atoms with Gasteiger partial charge in [-0.15, -0.1) is 0 Å². The smallest absolute Gasteiger partial charge is 0.309 e. The lowest BCUT2D eigenvalue weighted by molar-refractivity contribution is -0.139. The zero-order chi connectivity index (χ0) is 14.3. The van der Waals surface area contributed by atoms with Crippen LogP contribution in [0.5, 0.6) is 0 Å². The van der Waals surface area contributed by atoms with Crippen molar-refractivity contribution in [1.82, 2.24) is 10.6 Å². The molecule has 0 fully saturated rings. The van der Waals surface area contributed by atoms with E-state index in [4.69, 9.17) is 5.11 Å². The summed E-state index contributed by atoms with van der Waals surface area (Å²) < 4.78 is 0. The van der Waals surface area contributed by atoms with Crippen LogP contribution in [0.15, 0.2) is 30.3 Å². The van der Waals surface area contributed by atoms with Crippen molar-refractivity contribution < 1.29 is 14.7 Å². The lowest BCUT2D eigenvalue weighted by Crippen LogP contribution is -2.43. The Bertz CT molecular complexity index is 418. The van der Waals surface area contributed by atoms with Gasteiger partial charge in [-0.25, -0.2) is 0 Å². The van der Waals surface area contributed by atoms with Gasteiger partial charge in [0.1, 0.15) is 0 Å². The van der Waals surface area contributed by atoms with Crippen LogP contribution >= 0.6 is 0 Å². The van der Waals surface area contributed by atoms with E-state index >= 15 is 0 Å². The van der Waals surface area contributed by atoms with Crippen LogP contribution < -0.4 is 10.6 Å². The molecule has 0 saturated heterocycles. The number of hydrogen-bond donors (Lipinski definition) is 3. The molecule has 0 heterocycles. The van der Waals surface area contributed by atoms with Crippen molar-refractivity contribution in [2.45, 2.75) is 25.9 Å². The van der Waals surface area contributed by atoms with E-state index in [1.807, 2.05) is 37.3 Å². The summed E-state index contributed by atoms with van der Waals surface area (Å²) in [5.41, 5.74) is 1.10. The van der Waals surface area contributed by atoms with Gasteiger partial charge in [-0.3, -0.25) is 9.59 Å². The first-order valence-electron chi connectivity index (χ1n) is 6.29. The molecule has 5 nitrogen and oxygen atoms in total. The minimum Gasteiger partial charge on any atom is -0.392 e. The van der Waals surface area contributed by atoms with Crippen molar-refractivity contribution in [3.8, 4) is 0 Å². The Morgan fingerprint density at radius 1 is 1.05 bits per heavy atom. The predicted molar refractivity (Wildman–Crippen MR) is 72.6 cm³/mol. The van der Waals surface area contributed by atoms with Gasteiger partial charge in [0.25, 0.3) is 0 Å². The molecule has 0 aliphatic rings. The first kappa shape index (κ1) is 15.2. The standard InChI is InChI=1S/C14H20N2O3/c1-10(12-6-4-3-5-7-12)8-15-13(18)14(19)16-9-11(2)17/h3-7,10-11,17H,8-9H2,1-2H3,(H,15,18)(H,16,19)/t10-,11+/m1/s1. The number of rotatable bonds is 5. The van der Waals surface area contributed by atoms with E-state index < -0.39 is 17.9 Å². The Morgan fingerprint density at radius 3 is 2.11 bits per heavy atom. The van der Waals surface area contributed by atoms with Gasteiger partial charge in [-0.1, -0.05) is 37.3 Å². The second kappa shape index (κ2) is 7.53. The first-order chi connectivity index (χ1) is 9.00. The average molecular weight is 264 g/mol. The normalized spacial score (nSPS) is 13.4. The molecule has 0 aromatic heterocycles. The minimum absolute atomic E-state index is 0.0699. The van der Waals surface area contributed by atoms with Gasteiger partial charge in [-0.05, 0) is 18.4 Å². The number of nitrogens with one attached hydrogen (secondary N) is 2.